The van der Waals surface area contributed by atoms with E-state index in [9.17, 15) is 9.59 Å². The highest BCUT2D eigenvalue weighted by Gasteiger charge is 2.36. The van der Waals surface area contributed by atoms with Gasteiger partial charge in [0.25, 0.3) is 5.91 Å². The van der Waals surface area contributed by atoms with Crippen LogP contribution in [0.1, 0.15) is 48.5 Å². The van der Waals surface area contributed by atoms with Crippen LogP contribution in [0, 0.1) is 0 Å². The third kappa shape index (κ3) is 5.69. The molecule has 2 aromatic rings. The summed E-state index contributed by atoms with van der Waals surface area (Å²) in [6.45, 7) is 1.96. The quantitative estimate of drug-likeness (QED) is 0.665. The first-order valence-corrected chi connectivity index (χ1v) is 9.80. The lowest BCUT2D eigenvalue weighted by molar-refractivity contribution is -0.114. The van der Waals surface area contributed by atoms with E-state index >= 15 is 0 Å². The van der Waals surface area contributed by atoms with Gasteiger partial charge >= 0.3 is 0 Å². The number of benzene rings is 1. The molecule has 1 aromatic carbocycles. The van der Waals surface area contributed by atoms with Crippen molar-refractivity contribution in [3.05, 3.63) is 58.7 Å². The molecule has 0 saturated heterocycles. The van der Waals surface area contributed by atoms with E-state index in [0.717, 1.165) is 25.7 Å². The summed E-state index contributed by atoms with van der Waals surface area (Å²) in [5.74, 6) is -0.0228. The van der Waals surface area contributed by atoms with Gasteiger partial charge in [-0.25, -0.2) is 4.98 Å². The van der Waals surface area contributed by atoms with E-state index in [1.165, 1.54) is 18.7 Å². The Bertz CT molecular complexity index is 867. The second-order valence-corrected chi connectivity index (χ2v) is 7.79. The van der Waals surface area contributed by atoms with Crippen molar-refractivity contribution < 1.29 is 9.59 Å². The number of hydrogen-bond acceptors (Lipinski definition) is 4. The summed E-state index contributed by atoms with van der Waals surface area (Å²) >= 11 is 6.16. The molecule has 29 heavy (non-hydrogen) atoms. The lowest BCUT2D eigenvalue weighted by Gasteiger charge is -2.40. The Kier molecular flexibility index (Phi) is 8.02. The van der Waals surface area contributed by atoms with Gasteiger partial charge in [0.15, 0.2) is 0 Å². The maximum absolute atomic E-state index is 12.6. The van der Waals surface area contributed by atoms with Gasteiger partial charge < -0.3 is 16.4 Å². The summed E-state index contributed by atoms with van der Waals surface area (Å²) in [7, 11) is 0. The molecule has 4 N–H and O–H groups in total. The Morgan fingerprint density at radius 2 is 1.97 bits per heavy atom. The summed E-state index contributed by atoms with van der Waals surface area (Å²) in [5.41, 5.74) is 7.69. The van der Waals surface area contributed by atoms with Crippen LogP contribution in [-0.2, 0) is 10.2 Å². The molecular weight excluding hydrogens is 411 g/mol. The average molecular weight is 437 g/mol. The second-order valence-electron chi connectivity index (χ2n) is 7.35. The maximum atomic E-state index is 12.6. The molecule has 1 fully saturated rings. The fourth-order valence-electron chi connectivity index (χ4n) is 3.83. The van der Waals surface area contributed by atoms with Gasteiger partial charge in [-0.2, -0.15) is 0 Å². The first-order valence-electron chi connectivity index (χ1n) is 9.42. The molecule has 8 heteroatoms. The number of rotatable bonds is 5. The Labute approximate surface area is 182 Å². The lowest BCUT2D eigenvalue weighted by atomic mass is 9.68. The number of nitrogens with two attached hydrogens (primary N) is 1. The van der Waals surface area contributed by atoms with Gasteiger partial charge in [-0.1, -0.05) is 23.7 Å². The molecule has 3 rings (SSSR count). The normalized spacial score (nSPS) is 21.0. The monoisotopic (exact) mass is 436 g/mol. The molecule has 0 atom stereocenters. The minimum atomic E-state index is -0.225. The van der Waals surface area contributed by atoms with Gasteiger partial charge in [0.05, 0.1) is 0 Å². The van der Waals surface area contributed by atoms with E-state index in [-0.39, 0.29) is 35.7 Å². The van der Waals surface area contributed by atoms with Gasteiger partial charge in [0.1, 0.15) is 5.82 Å². The molecule has 0 radical (unpaired) electrons. The molecule has 2 amide bonds. The van der Waals surface area contributed by atoms with E-state index in [1.807, 2.05) is 18.2 Å². The molecule has 1 saturated carbocycles. The largest absolute Gasteiger partial charge is 0.349 e. The standard InChI is InChI=1S/C21H25ClN4O2.ClH/c1-14(27)25-19-11-15(7-10-24-19)20(28)26-18-5-8-21(13-23,9-6-18)16-3-2-4-17(22)12-16;/h2-4,7,10-12,18H,5-6,8-9,13,23H2,1H3,(H,26,28)(H,24,25,27);1H/t18-,21-;. The number of carbonyl (C=O) groups excluding carboxylic acids is 2. The van der Waals surface area contributed by atoms with Crippen LogP contribution in [-0.4, -0.2) is 29.4 Å². The molecule has 1 aromatic heterocycles. The van der Waals surface area contributed by atoms with Crippen molar-refractivity contribution in [2.24, 2.45) is 5.73 Å². The highest BCUT2D eigenvalue weighted by molar-refractivity contribution is 6.30. The van der Waals surface area contributed by atoms with E-state index in [2.05, 4.69) is 21.7 Å². The third-order valence-electron chi connectivity index (χ3n) is 5.43. The number of pyridine rings is 1. The van der Waals surface area contributed by atoms with Crippen molar-refractivity contribution in [2.75, 3.05) is 11.9 Å². The topological polar surface area (TPSA) is 97.1 Å². The highest BCUT2D eigenvalue weighted by atomic mass is 35.5. The molecule has 1 heterocycles. The van der Waals surface area contributed by atoms with Gasteiger partial charge in [0.2, 0.25) is 5.91 Å². The smallest absolute Gasteiger partial charge is 0.251 e. The number of nitrogens with one attached hydrogen (secondary N) is 2. The fraction of sp³-hybridized carbons (Fsp3) is 0.381. The number of anilines is 1. The van der Waals surface area contributed by atoms with Crippen LogP contribution in [0.15, 0.2) is 42.6 Å². The molecular formula is C21H26Cl2N4O2. The van der Waals surface area contributed by atoms with E-state index in [4.69, 9.17) is 17.3 Å². The van der Waals surface area contributed by atoms with Gasteiger partial charge in [0, 0.05) is 41.7 Å². The van der Waals surface area contributed by atoms with Crippen LogP contribution in [0.3, 0.4) is 0 Å². The van der Waals surface area contributed by atoms with Gasteiger partial charge in [-0.15, -0.1) is 12.4 Å². The Balaban J connectivity index is 0.00000300. The molecule has 0 unspecified atom stereocenters. The van der Waals surface area contributed by atoms with Crippen LogP contribution in [0.2, 0.25) is 5.02 Å². The second kappa shape index (κ2) is 10.1. The number of nitrogens with zero attached hydrogens (tertiary/aromatic N) is 1. The zero-order chi connectivity index (χ0) is 20.1. The van der Waals surface area contributed by atoms with Crippen LogP contribution in [0.25, 0.3) is 0 Å². The Hall–Kier alpha value is -2.15. The number of hydrogen-bond donors (Lipinski definition) is 3. The van der Waals surface area contributed by atoms with Crippen molar-refractivity contribution in [3.8, 4) is 0 Å². The van der Waals surface area contributed by atoms with Gasteiger partial charge in [-0.05, 0) is 55.5 Å². The Morgan fingerprint density at radius 1 is 1.24 bits per heavy atom. The number of aromatic nitrogens is 1. The summed E-state index contributed by atoms with van der Waals surface area (Å²) < 4.78 is 0. The molecule has 0 aliphatic heterocycles. The minimum absolute atomic E-state index is 0. The van der Waals surface area contributed by atoms with Crippen molar-refractivity contribution >= 4 is 41.6 Å². The van der Waals surface area contributed by atoms with Crippen molar-refractivity contribution in [3.63, 3.8) is 0 Å². The fourth-order valence-corrected chi connectivity index (χ4v) is 4.02. The third-order valence-corrected chi connectivity index (χ3v) is 5.67. The van der Waals surface area contributed by atoms with Gasteiger partial charge in [-0.3, -0.25) is 9.59 Å². The zero-order valence-electron chi connectivity index (χ0n) is 16.3. The van der Waals surface area contributed by atoms with E-state index in [0.29, 0.717) is 22.9 Å². The summed E-state index contributed by atoms with van der Waals surface area (Å²) in [6.07, 6.45) is 4.99. The number of halogens is 2. The lowest BCUT2D eigenvalue weighted by Crippen LogP contribution is -2.45. The zero-order valence-corrected chi connectivity index (χ0v) is 17.9. The molecule has 156 valence electrons. The van der Waals surface area contributed by atoms with Crippen molar-refractivity contribution in [1.82, 2.24) is 10.3 Å². The molecule has 0 spiro atoms. The maximum Gasteiger partial charge on any atom is 0.251 e. The average Bonchev–Trinajstić information content (AvgIpc) is 2.68. The van der Waals surface area contributed by atoms with Crippen LogP contribution in [0.5, 0.6) is 0 Å². The van der Waals surface area contributed by atoms with Crippen LogP contribution in [0.4, 0.5) is 5.82 Å². The van der Waals surface area contributed by atoms with Crippen LogP contribution >= 0.6 is 24.0 Å². The minimum Gasteiger partial charge on any atom is -0.349 e. The highest BCUT2D eigenvalue weighted by Crippen LogP contribution is 2.39. The molecule has 0 bridgehead atoms. The van der Waals surface area contributed by atoms with E-state index in [1.54, 1.807) is 12.1 Å². The van der Waals surface area contributed by atoms with Crippen LogP contribution < -0.4 is 16.4 Å². The van der Waals surface area contributed by atoms with Crippen molar-refractivity contribution in [1.29, 1.82) is 0 Å². The predicted octanol–water partition coefficient (Wildman–Crippen LogP) is 3.68. The number of amides is 2. The SMILES string of the molecule is CC(=O)Nc1cc(C(=O)N[C@H]2CC[C@](CN)(c3cccc(Cl)c3)CC2)ccn1.Cl. The van der Waals surface area contributed by atoms with Crippen molar-refractivity contribution in [2.45, 2.75) is 44.1 Å². The van der Waals surface area contributed by atoms with E-state index < -0.39 is 0 Å². The molecule has 6 nitrogen and oxygen atoms in total. The first kappa shape index (κ1) is 23.1. The number of carbonyl (C=O) groups is 2. The first-order chi connectivity index (χ1) is 13.4. The summed E-state index contributed by atoms with van der Waals surface area (Å²) in [5, 5.41) is 6.40. The summed E-state index contributed by atoms with van der Waals surface area (Å²) in [4.78, 5) is 27.8. The Morgan fingerprint density at radius 3 is 2.59 bits per heavy atom. The molecule has 1 aliphatic carbocycles. The predicted molar refractivity (Wildman–Crippen MR) is 118 cm³/mol. The molecule has 1 aliphatic rings. The summed E-state index contributed by atoms with van der Waals surface area (Å²) in [6, 6.07) is 11.2.